The van der Waals surface area contributed by atoms with E-state index in [1.54, 1.807) is 6.92 Å². The topological polar surface area (TPSA) is 26.3 Å². The first-order valence-electron chi connectivity index (χ1n) is 8.88. The maximum absolute atomic E-state index is 11.4. The summed E-state index contributed by atoms with van der Waals surface area (Å²) in [4.78, 5) is 11.4. The third-order valence-corrected chi connectivity index (χ3v) is 10.5. The molecule has 5 unspecified atom stereocenters. The van der Waals surface area contributed by atoms with Crippen molar-refractivity contribution in [1.82, 2.24) is 0 Å². The lowest BCUT2D eigenvalue weighted by Crippen LogP contribution is -2.17. The van der Waals surface area contributed by atoms with Gasteiger partial charge in [0.25, 0.3) is 0 Å². The first-order valence-corrected chi connectivity index (χ1v) is 11.8. The molecule has 5 heteroatoms. The summed E-state index contributed by atoms with van der Waals surface area (Å²) >= 11 is 6.69. The zero-order chi connectivity index (χ0) is 16.2. The van der Waals surface area contributed by atoms with Crippen molar-refractivity contribution in [3.05, 3.63) is 12.2 Å². The van der Waals surface area contributed by atoms with Crippen LogP contribution in [0.5, 0.6) is 0 Å². The van der Waals surface area contributed by atoms with E-state index in [4.69, 9.17) is 4.74 Å². The predicted molar refractivity (Wildman–Crippen MR) is 105 cm³/mol. The van der Waals surface area contributed by atoms with E-state index in [0.29, 0.717) is 17.4 Å². The Morgan fingerprint density at radius 2 is 1.74 bits per heavy atom. The monoisotopic (exact) mass is 372 g/mol. The Balaban J connectivity index is 1.36. The molecule has 0 aliphatic carbocycles. The van der Waals surface area contributed by atoms with Gasteiger partial charge in [0.2, 0.25) is 0 Å². The third kappa shape index (κ3) is 4.88. The largest absolute Gasteiger partial charge is 0.462 e. The third-order valence-electron chi connectivity index (χ3n) is 5.04. The molecule has 3 heterocycles. The van der Waals surface area contributed by atoms with Gasteiger partial charge < -0.3 is 4.74 Å². The van der Waals surface area contributed by atoms with Crippen LogP contribution in [0, 0.1) is 0 Å². The van der Waals surface area contributed by atoms with Crippen LogP contribution < -0.4 is 0 Å². The molecule has 3 saturated heterocycles. The zero-order valence-electron chi connectivity index (χ0n) is 14.0. The van der Waals surface area contributed by atoms with Crippen molar-refractivity contribution in [1.29, 1.82) is 0 Å². The molecule has 0 spiro atoms. The molecule has 0 bridgehead atoms. The van der Waals surface area contributed by atoms with E-state index in [0.717, 1.165) is 27.4 Å². The highest BCUT2D eigenvalue weighted by Gasteiger charge is 2.39. The van der Waals surface area contributed by atoms with E-state index in [1.807, 2.05) is 0 Å². The SMILES string of the molecule is C=C(C)C(=O)OCCC1CCC(C2CCC(C3CCCS3)S2)S1. The number of ether oxygens (including phenoxy) is 1. The van der Waals surface area contributed by atoms with Crippen molar-refractivity contribution < 1.29 is 9.53 Å². The Morgan fingerprint density at radius 1 is 1.04 bits per heavy atom. The van der Waals surface area contributed by atoms with Crippen molar-refractivity contribution >= 4 is 41.3 Å². The van der Waals surface area contributed by atoms with Crippen LogP contribution in [0.15, 0.2) is 12.2 Å². The summed E-state index contributed by atoms with van der Waals surface area (Å²) < 4.78 is 5.25. The van der Waals surface area contributed by atoms with Gasteiger partial charge in [0.1, 0.15) is 0 Å². The van der Waals surface area contributed by atoms with Gasteiger partial charge in [-0.3, -0.25) is 0 Å². The molecular formula is C18H28O2S3. The molecule has 0 saturated carbocycles. The second-order valence-electron chi connectivity index (χ2n) is 6.92. The highest BCUT2D eigenvalue weighted by Crippen LogP contribution is 2.50. The Hall–Kier alpha value is 0.260. The molecule has 3 fully saturated rings. The second-order valence-corrected chi connectivity index (χ2v) is 11.3. The fraction of sp³-hybridized carbons (Fsp3) is 0.833. The molecular weight excluding hydrogens is 344 g/mol. The number of rotatable bonds is 6. The zero-order valence-corrected chi connectivity index (χ0v) is 16.4. The van der Waals surface area contributed by atoms with Crippen molar-refractivity contribution in [3.63, 3.8) is 0 Å². The molecule has 23 heavy (non-hydrogen) atoms. The van der Waals surface area contributed by atoms with Crippen LogP contribution in [-0.4, -0.2) is 44.6 Å². The molecule has 0 aromatic heterocycles. The van der Waals surface area contributed by atoms with Crippen LogP contribution in [0.3, 0.4) is 0 Å². The minimum Gasteiger partial charge on any atom is -0.462 e. The minimum absolute atomic E-state index is 0.243. The van der Waals surface area contributed by atoms with E-state index in [-0.39, 0.29) is 5.97 Å². The normalized spacial score (nSPS) is 37.2. The Labute approximate surface area is 153 Å². The van der Waals surface area contributed by atoms with Crippen LogP contribution >= 0.6 is 35.3 Å². The predicted octanol–water partition coefficient (Wildman–Crippen LogP) is 4.92. The average Bonchev–Trinajstić information content (AvgIpc) is 3.27. The molecule has 0 radical (unpaired) electrons. The molecule has 130 valence electrons. The van der Waals surface area contributed by atoms with E-state index >= 15 is 0 Å². The van der Waals surface area contributed by atoms with Gasteiger partial charge in [-0.2, -0.15) is 35.3 Å². The fourth-order valence-corrected chi connectivity index (χ4v) is 9.09. The standard InChI is InChI=1S/C18H28O2S3/c1-12(2)18(19)20-10-9-13-5-6-16(22-13)17-8-7-15(23-17)14-4-3-11-21-14/h13-17H,1,3-11H2,2H3. The number of hydrogen-bond acceptors (Lipinski definition) is 5. The summed E-state index contributed by atoms with van der Waals surface area (Å²) in [6, 6.07) is 0. The van der Waals surface area contributed by atoms with Crippen LogP contribution in [0.25, 0.3) is 0 Å². The Bertz CT molecular complexity index is 434. The quantitative estimate of drug-likeness (QED) is 0.487. The van der Waals surface area contributed by atoms with Crippen molar-refractivity contribution in [3.8, 4) is 0 Å². The van der Waals surface area contributed by atoms with E-state index < -0.39 is 0 Å². The van der Waals surface area contributed by atoms with Gasteiger partial charge in [-0.1, -0.05) is 6.58 Å². The summed E-state index contributed by atoms with van der Waals surface area (Å²) in [7, 11) is 0. The molecule has 0 aromatic carbocycles. The highest BCUT2D eigenvalue weighted by atomic mass is 32.2. The van der Waals surface area contributed by atoms with Crippen LogP contribution in [0.4, 0.5) is 0 Å². The first-order chi connectivity index (χ1) is 11.1. The van der Waals surface area contributed by atoms with Gasteiger partial charge in [0.05, 0.1) is 6.61 Å². The lowest BCUT2D eigenvalue weighted by molar-refractivity contribution is -0.139. The minimum atomic E-state index is -0.243. The van der Waals surface area contributed by atoms with Crippen molar-refractivity contribution in [2.24, 2.45) is 0 Å². The number of esters is 1. The molecule has 2 nitrogen and oxygen atoms in total. The molecule has 3 rings (SSSR count). The number of thioether (sulfide) groups is 3. The summed E-state index contributed by atoms with van der Waals surface area (Å²) in [5.74, 6) is 1.14. The highest BCUT2D eigenvalue weighted by molar-refractivity contribution is 8.06. The molecule has 0 aromatic rings. The number of carbonyl (C=O) groups is 1. The van der Waals surface area contributed by atoms with Crippen molar-refractivity contribution in [2.75, 3.05) is 12.4 Å². The van der Waals surface area contributed by atoms with Gasteiger partial charge in [0.15, 0.2) is 0 Å². The van der Waals surface area contributed by atoms with Gasteiger partial charge in [-0.15, -0.1) is 0 Å². The van der Waals surface area contributed by atoms with Crippen LogP contribution in [0.2, 0.25) is 0 Å². The Morgan fingerprint density at radius 3 is 2.43 bits per heavy atom. The Kier molecular flexibility index (Phi) is 6.73. The van der Waals surface area contributed by atoms with Gasteiger partial charge in [0, 0.05) is 31.8 Å². The average molecular weight is 373 g/mol. The van der Waals surface area contributed by atoms with E-state index in [9.17, 15) is 4.79 Å². The lowest BCUT2D eigenvalue weighted by atomic mass is 10.1. The molecule has 0 amide bonds. The lowest BCUT2D eigenvalue weighted by Gasteiger charge is -2.20. The molecule has 3 aliphatic rings. The molecule has 0 N–H and O–H groups in total. The van der Waals surface area contributed by atoms with Crippen LogP contribution in [-0.2, 0) is 9.53 Å². The van der Waals surface area contributed by atoms with Gasteiger partial charge in [-0.05, 0) is 57.6 Å². The summed E-state index contributed by atoms with van der Waals surface area (Å²) in [6.07, 6.45) is 9.38. The molecule has 3 aliphatic heterocycles. The summed E-state index contributed by atoms with van der Waals surface area (Å²) in [5, 5.41) is 4.24. The van der Waals surface area contributed by atoms with Crippen molar-refractivity contribution in [2.45, 2.75) is 78.1 Å². The maximum atomic E-state index is 11.4. The molecule has 5 atom stereocenters. The van der Waals surface area contributed by atoms with Crippen LogP contribution in [0.1, 0.15) is 51.9 Å². The second kappa shape index (κ2) is 8.57. The summed E-state index contributed by atoms with van der Waals surface area (Å²) in [6.45, 7) is 5.88. The maximum Gasteiger partial charge on any atom is 0.333 e. The number of hydrogen-bond donors (Lipinski definition) is 0. The van der Waals surface area contributed by atoms with Gasteiger partial charge >= 0.3 is 5.97 Å². The smallest absolute Gasteiger partial charge is 0.333 e. The fourth-order valence-electron chi connectivity index (χ4n) is 3.76. The first kappa shape index (κ1) is 18.1. The van der Waals surface area contributed by atoms with E-state index in [2.05, 4.69) is 41.9 Å². The summed E-state index contributed by atoms with van der Waals surface area (Å²) in [5.41, 5.74) is 0.500. The number of carbonyl (C=O) groups excluding carboxylic acids is 1. The van der Waals surface area contributed by atoms with E-state index in [1.165, 1.54) is 44.3 Å². The van der Waals surface area contributed by atoms with Gasteiger partial charge in [-0.25, -0.2) is 4.79 Å².